The third kappa shape index (κ3) is 4.70. The van der Waals surface area contributed by atoms with Gasteiger partial charge in [-0.1, -0.05) is 30.3 Å². The Kier molecular flexibility index (Phi) is 6.34. The van der Waals surface area contributed by atoms with Gasteiger partial charge in [0.1, 0.15) is 19.8 Å². The fraction of sp³-hybridized carbons (Fsp3) is 0.310. The Morgan fingerprint density at radius 1 is 0.744 bits per heavy atom. The smallest absolute Gasteiger partial charge is 0.203 e. The highest BCUT2D eigenvalue weighted by Gasteiger charge is 2.30. The van der Waals surface area contributed by atoms with Crippen molar-refractivity contribution in [3.05, 3.63) is 83.4 Å². The highest BCUT2D eigenvalue weighted by atomic mass is 32.1. The second-order valence-electron chi connectivity index (χ2n) is 9.75. The van der Waals surface area contributed by atoms with Crippen LogP contribution in [0.2, 0.25) is 0 Å². The van der Waals surface area contributed by atoms with Crippen molar-refractivity contribution in [1.29, 1.82) is 0 Å². The first-order valence-electron chi connectivity index (χ1n) is 13.2. The van der Waals surface area contributed by atoms with E-state index in [0.717, 1.165) is 43.4 Å². The average Bonchev–Trinajstić information content (AvgIpc) is 3.32. The Balaban J connectivity index is 1.19. The number of para-hydroxylation sites is 3. The zero-order valence-electron chi connectivity index (χ0n) is 21.4. The molecule has 1 fully saturated rings. The summed E-state index contributed by atoms with van der Waals surface area (Å²) in [5, 5.41) is 5.01. The van der Waals surface area contributed by atoms with Crippen molar-refractivity contribution in [2.75, 3.05) is 50.9 Å². The van der Waals surface area contributed by atoms with E-state index in [0.29, 0.717) is 48.6 Å². The molecule has 1 unspecified atom stereocenters. The van der Waals surface area contributed by atoms with Gasteiger partial charge in [0.25, 0.3) is 0 Å². The van der Waals surface area contributed by atoms with Crippen LogP contribution in [-0.4, -0.2) is 65.2 Å². The van der Waals surface area contributed by atoms with E-state index >= 15 is 0 Å². The highest BCUT2D eigenvalue weighted by Crippen LogP contribution is 2.37. The maximum atomic E-state index is 6.37. The van der Waals surface area contributed by atoms with E-state index in [1.807, 2.05) is 51.7 Å². The normalized spacial score (nSPS) is 18.7. The van der Waals surface area contributed by atoms with Crippen LogP contribution in [0.5, 0.6) is 23.0 Å². The number of benzene rings is 3. The monoisotopic (exact) mass is 543 g/mol. The first-order chi connectivity index (χ1) is 19.2. The maximum Gasteiger partial charge on any atom is 0.203 e. The third-order valence-corrected chi connectivity index (χ3v) is 7.67. The SMILES string of the molecule is S=c1n(CN2CCN(c3ccccc3)CC2)nc(C2COc3ccccc3O2)n1-c1ccc2c(c1)OCCO2. The van der Waals surface area contributed by atoms with E-state index < -0.39 is 6.10 Å². The standard InChI is InChI=1S/C29H29N5O4S/c39-29-33(20-31-12-14-32(15-13-31)21-6-2-1-3-7-21)30-28(27-19-37-23-8-4-5-9-25(23)38-27)34(29)22-10-11-24-26(18-22)36-17-16-35-24/h1-11,18,27H,12-17,19-20H2. The van der Waals surface area contributed by atoms with Crippen molar-refractivity contribution < 1.29 is 18.9 Å². The number of nitrogens with zero attached hydrogens (tertiary/aromatic N) is 5. The van der Waals surface area contributed by atoms with E-state index in [-0.39, 0.29) is 0 Å². The lowest BCUT2D eigenvalue weighted by atomic mass is 10.2. The molecule has 39 heavy (non-hydrogen) atoms. The molecule has 3 aliphatic rings. The number of anilines is 1. The van der Waals surface area contributed by atoms with Crippen molar-refractivity contribution in [2.45, 2.75) is 12.8 Å². The lowest BCUT2D eigenvalue weighted by Gasteiger charge is -2.35. The molecule has 9 nitrogen and oxygen atoms in total. The summed E-state index contributed by atoms with van der Waals surface area (Å²) in [6, 6.07) is 24.1. The number of hydrogen-bond acceptors (Lipinski definition) is 8. The van der Waals surface area contributed by atoms with Crippen LogP contribution >= 0.6 is 12.2 Å². The summed E-state index contributed by atoms with van der Waals surface area (Å²) in [6.07, 6.45) is -0.425. The minimum Gasteiger partial charge on any atom is -0.486 e. The molecule has 7 rings (SSSR count). The summed E-state index contributed by atoms with van der Waals surface area (Å²) < 4.78 is 28.5. The molecule has 3 aliphatic heterocycles. The van der Waals surface area contributed by atoms with Gasteiger partial charge in [-0.15, -0.1) is 0 Å². The van der Waals surface area contributed by atoms with Gasteiger partial charge in [-0.05, 0) is 48.6 Å². The molecular weight excluding hydrogens is 514 g/mol. The number of rotatable bonds is 5. The predicted molar refractivity (Wildman–Crippen MR) is 149 cm³/mol. The molecular formula is C29H29N5O4S. The summed E-state index contributed by atoms with van der Waals surface area (Å²) in [7, 11) is 0. The van der Waals surface area contributed by atoms with Crippen molar-refractivity contribution in [3.63, 3.8) is 0 Å². The molecule has 10 heteroatoms. The summed E-state index contributed by atoms with van der Waals surface area (Å²) in [4.78, 5) is 4.80. The largest absolute Gasteiger partial charge is 0.486 e. The molecule has 0 amide bonds. The fourth-order valence-electron chi connectivity index (χ4n) is 5.26. The van der Waals surface area contributed by atoms with Crippen LogP contribution < -0.4 is 23.8 Å². The zero-order chi connectivity index (χ0) is 26.2. The lowest BCUT2D eigenvalue weighted by molar-refractivity contribution is 0.0829. The van der Waals surface area contributed by atoms with Gasteiger partial charge < -0.3 is 23.8 Å². The summed E-state index contributed by atoms with van der Waals surface area (Å²) in [5.41, 5.74) is 2.11. The van der Waals surface area contributed by atoms with Crippen LogP contribution in [0.1, 0.15) is 11.9 Å². The Hall–Kier alpha value is -4.02. The first kappa shape index (κ1) is 24.1. The van der Waals surface area contributed by atoms with Gasteiger partial charge in [0, 0.05) is 37.9 Å². The fourth-order valence-corrected chi connectivity index (χ4v) is 5.56. The molecule has 3 aromatic carbocycles. The molecule has 0 radical (unpaired) electrons. The Labute approximate surface area is 231 Å². The van der Waals surface area contributed by atoms with Crippen LogP contribution in [0.15, 0.2) is 72.8 Å². The number of hydrogen-bond donors (Lipinski definition) is 0. The Morgan fingerprint density at radius 2 is 1.46 bits per heavy atom. The van der Waals surface area contributed by atoms with Gasteiger partial charge >= 0.3 is 0 Å². The summed E-state index contributed by atoms with van der Waals surface area (Å²) in [5.74, 6) is 3.54. The number of piperazine rings is 1. The summed E-state index contributed by atoms with van der Waals surface area (Å²) in [6.45, 7) is 5.71. The quantitative estimate of drug-likeness (QED) is 0.342. The molecule has 0 saturated carbocycles. The highest BCUT2D eigenvalue weighted by molar-refractivity contribution is 7.71. The van der Waals surface area contributed by atoms with E-state index in [2.05, 4.69) is 40.1 Å². The topological polar surface area (TPSA) is 66.2 Å². The minimum absolute atomic E-state index is 0.336. The van der Waals surface area contributed by atoms with Crippen LogP contribution in [-0.2, 0) is 6.67 Å². The second-order valence-corrected chi connectivity index (χ2v) is 10.1. The number of aromatic nitrogens is 3. The van der Waals surface area contributed by atoms with Crippen molar-refractivity contribution in [2.24, 2.45) is 0 Å². The lowest BCUT2D eigenvalue weighted by Crippen LogP contribution is -2.47. The number of fused-ring (bicyclic) bond motifs is 2. The van der Waals surface area contributed by atoms with Gasteiger partial charge in [-0.2, -0.15) is 5.10 Å². The van der Waals surface area contributed by atoms with Crippen molar-refractivity contribution >= 4 is 17.9 Å². The molecule has 0 spiro atoms. The van der Waals surface area contributed by atoms with Crippen LogP contribution in [0, 0.1) is 4.77 Å². The molecule has 200 valence electrons. The van der Waals surface area contributed by atoms with Crippen LogP contribution in [0.4, 0.5) is 5.69 Å². The minimum atomic E-state index is -0.425. The molecule has 0 aliphatic carbocycles. The first-order valence-corrected chi connectivity index (χ1v) is 13.6. The van der Waals surface area contributed by atoms with Gasteiger partial charge in [0.2, 0.25) is 4.77 Å². The van der Waals surface area contributed by atoms with E-state index in [9.17, 15) is 0 Å². The van der Waals surface area contributed by atoms with E-state index in [4.69, 9.17) is 36.3 Å². The van der Waals surface area contributed by atoms with E-state index in [1.165, 1.54) is 5.69 Å². The average molecular weight is 544 g/mol. The molecule has 1 atom stereocenters. The second kappa shape index (κ2) is 10.3. The molecule has 1 saturated heterocycles. The Bertz CT molecular complexity index is 1530. The molecule has 0 bridgehead atoms. The van der Waals surface area contributed by atoms with Gasteiger partial charge in [0.05, 0.1) is 12.4 Å². The van der Waals surface area contributed by atoms with Crippen molar-refractivity contribution in [3.8, 4) is 28.7 Å². The Morgan fingerprint density at radius 3 is 2.28 bits per heavy atom. The molecule has 0 N–H and O–H groups in total. The zero-order valence-corrected chi connectivity index (χ0v) is 22.3. The van der Waals surface area contributed by atoms with Crippen LogP contribution in [0.3, 0.4) is 0 Å². The molecule has 1 aromatic heterocycles. The van der Waals surface area contributed by atoms with Gasteiger partial charge in [-0.3, -0.25) is 9.47 Å². The predicted octanol–water partition coefficient (Wildman–Crippen LogP) is 4.47. The third-order valence-electron chi connectivity index (χ3n) is 7.27. The van der Waals surface area contributed by atoms with Crippen LogP contribution in [0.25, 0.3) is 5.69 Å². The van der Waals surface area contributed by atoms with Gasteiger partial charge in [-0.25, -0.2) is 4.68 Å². The van der Waals surface area contributed by atoms with Crippen molar-refractivity contribution in [1.82, 2.24) is 19.2 Å². The number of ether oxygens (including phenoxy) is 4. The van der Waals surface area contributed by atoms with Gasteiger partial charge in [0.15, 0.2) is 34.9 Å². The van der Waals surface area contributed by atoms with E-state index in [1.54, 1.807) is 0 Å². The summed E-state index contributed by atoms with van der Waals surface area (Å²) >= 11 is 6.02. The maximum absolute atomic E-state index is 6.37. The molecule has 4 aromatic rings. The molecule has 4 heterocycles.